The van der Waals surface area contributed by atoms with Crippen LogP contribution in [0.15, 0.2) is 0 Å². The molecule has 2 N–H and O–H groups in total. The third-order valence-electron chi connectivity index (χ3n) is 2.25. The van der Waals surface area contributed by atoms with Crippen LogP contribution in [0.1, 0.15) is 39.5 Å². The highest BCUT2D eigenvalue weighted by Gasteiger charge is 2.40. The monoisotopic (exact) mass is 159 g/mol. The minimum absolute atomic E-state index is 0.117. The summed E-state index contributed by atoms with van der Waals surface area (Å²) in [6.07, 6.45) is 2.60. The molecule has 1 unspecified atom stereocenters. The van der Waals surface area contributed by atoms with Gasteiger partial charge >= 0.3 is 0 Å². The SMILES string of the molecule is CC(C)CC(F)CC1(N)CC1. The first-order valence-electron chi connectivity index (χ1n) is 4.45. The van der Waals surface area contributed by atoms with E-state index in [1.807, 2.05) is 13.8 Å². The van der Waals surface area contributed by atoms with Crippen LogP contribution in [0.3, 0.4) is 0 Å². The molecule has 0 aliphatic heterocycles. The highest BCUT2D eigenvalue weighted by atomic mass is 19.1. The van der Waals surface area contributed by atoms with Crippen LogP contribution in [0, 0.1) is 5.92 Å². The lowest BCUT2D eigenvalue weighted by Crippen LogP contribution is -2.26. The summed E-state index contributed by atoms with van der Waals surface area (Å²) < 4.78 is 13.1. The minimum atomic E-state index is -0.678. The first kappa shape index (κ1) is 8.98. The smallest absolute Gasteiger partial charge is 0.102 e. The largest absolute Gasteiger partial charge is 0.325 e. The van der Waals surface area contributed by atoms with E-state index in [9.17, 15) is 4.39 Å². The summed E-state index contributed by atoms with van der Waals surface area (Å²) in [5.74, 6) is 0.451. The van der Waals surface area contributed by atoms with E-state index in [1.54, 1.807) is 0 Å². The molecule has 0 aromatic rings. The van der Waals surface area contributed by atoms with E-state index in [2.05, 4.69) is 0 Å². The van der Waals surface area contributed by atoms with Gasteiger partial charge in [-0.25, -0.2) is 4.39 Å². The van der Waals surface area contributed by atoms with E-state index >= 15 is 0 Å². The average Bonchev–Trinajstić information content (AvgIpc) is 2.44. The molecule has 1 aliphatic carbocycles. The maximum absolute atomic E-state index is 13.1. The molecule has 1 aliphatic rings. The molecule has 0 aromatic heterocycles. The Morgan fingerprint density at radius 2 is 2.00 bits per heavy atom. The number of hydrogen-bond donors (Lipinski definition) is 1. The van der Waals surface area contributed by atoms with Gasteiger partial charge in [0.15, 0.2) is 0 Å². The summed E-state index contributed by atoms with van der Waals surface area (Å²) in [6.45, 7) is 4.09. The van der Waals surface area contributed by atoms with Gasteiger partial charge in [-0.3, -0.25) is 0 Å². The van der Waals surface area contributed by atoms with Crippen LogP contribution in [-0.4, -0.2) is 11.7 Å². The third kappa shape index (κ3) is 3.19. The molecule has 0 heterocycles. The Balaban J connectivity index is 2.15. The van der Waals surface area contributed by atoms with Crippen molar-refractivity contribution in [3.8, 4) is 0 Å². The molecule has 1 fully saturated rings. The predicted octanol–water partition coefficient (Wildman–Crippen LogP) is 2.25. The molecule has 1 rings (SSSR count). The Kier molecular flexibility index (Phi) is 2.53. The normalized spacial score (nSPS) is 23.7. The zero-order valence-electron chi connectivity index (χ0n) is 7.44. The Labute approximate surface area is 68.2 Å². The van der Waals surface area contributed by atoms with Gasteiger partial charge in [-0.05, 0) is 31.6 Å². The lowest BCUT2D eigenvalue weighted by molar-refractivity contribution is 0.247. The van der Waals surface area contributed by atoms with Crippen molar-refractivity contribution >= 4 is 0 Å². The van der Waals surface area contributed by atoms with Crippen LogP contribution in [0.25, 0.3) is 0 Å². The Hall–Kier alpha value is -0.110. The molecule has 1 saturated carbocycles. The van der Waals surface area contributed by atoms with Crippen molar-refractivity contribution in [2.24, 2.45) is 11.7 Å². The van der Waals surface area contributed by atoms with Crippen LogP contribution in [0.2, 0.25) is 0 Å². The summed E-state index contributed by atoms with van der Waals surface area (Å²) in [5, 5.41) is 0. The van der Waals surface area contributed by atoms with Crippen molar-refractivity contribution in [1.29, 1.82) is 0 Å². The third-order valence-corrected chi connectivity index (χ3v) is 2.25. The molecular weight excluding hydrogens is 141 g/mol. The number of halogens is 1. The fourth-order valence-electron chi connectivity index (χ4n) is 1.40. The molecule has 0 amide bonds. The standard InChI is InChI=1S/C9H18FN/c1-7(2)5-8(10)6-9(11)3-4-9/h7-8H,3-6,11H2,1-2H3. The summed E-state index contributed by atoms with van der Waals surface area (Å²) in [4.78, 5) is 0. The van der Waals surface area contributed by atoms with E-state index in [0.717, 1.165) is 12.8 Å². The average molecular weight is 159 g/mol. The number of rotatable bonds is 4. The topological polar surface area (TPSA) is 26.0 Å². The second kappa shape index (κ2) is 3.10. The minimum Gasteiger partial charge on any atom is -0.325 e. The predicted molar refractivity (Wildman–Crippen MR) is 45.1 cm³/mol. The fraction of sp³-hybridized carbons (Fsp3) is 1.00. The number of nitrogens with two attached hydrogens (primary N) is 1. The highest BCUT2D eigenvalue weighted by Crippen LogP contribution is 2.38. The molecule has 0 radical (unpaired) electrons. The van der Waals surface area contributed by atoms with Gasteiger partial charge in [0.05, 0.1) is 0 Å². The van der Waals surface area contributed by atoms with E-state index in [0.29, 0.717) is 18.8 Å². The van der Waals surface area contributed by atoms with Crippen molar-refractivity contribution in [3.63, 3.8) is 0 Å². The molecule has 0 saturated heterocycles. The molecule has 0 aromatic carbocycles. The summed E-state index contributed by atoms with van der Waals surface area (Å²) in [6, 6.07) is 0. The van der Waals surface area contributed by atoms with Gasteiger partial charge in [-0.1, -0.05) is 13.8 Å². The van der Waals surface area contributed by atoms with E-state index in [4.69, 9.17) is 5.73 Å². The summed E-state index contributed by atoms with van der Waals surface area (Å²) >= 11 is 0. The van der Waals surface area contributed by atoms with E-state index in [1.165, 1.54) is 0 Å². The van der Waals surface area contributed by atoms with Crippen LogP contribution >= 0.6 is 0 Å². The van der Waals surface area contributed by atoms with Crippen molar-refractivity contribution in [2.45, 2.75) is 51.2 Å². The van der Waals surface area contributed by atoms with Crippen molar-refractivity contribution in [2.75, 3.05) is 0 Å². The quantitative estimate of drug-likeness (QED) is 0.669. The summed E-state index contributed by atoms with van der Waals surface area (Å²) in [5.41, 5.74) is 5.67. The Morgan fingerprint density at radius 1 is 1.45 bits per heavy atom. The Morgan fingerprint density at radius 3 is 2.36 bits per heavy atom. The Bertz CT molecular complexity index is 130. The molecular formula is C9H18FN. The maximum Gasteiger partial charge on any atom is 0.102 e. The highest BCUT2D eigenvalue weighted by molar-refractivity contribution is 5.00. The van der Waals surface area contributed by atoms with Gasteiger partial charge in [0.2, 0.25) is 0 Å². The molecule has 66 valence electrons. The first-order chi connectivity index (χ1) is 5.02. The molecule has 2 heteroatoms. The summed E-state index contributed by atoms with van der Waals surface area (Å²) in [7, 11) is 0. The van der Waals surface area contributed by atoms with Crippen LogP contribution in [0.5, 0.6) is 0 Å². The molecule has 11 heavy (non-hydrogen) atoms. The van der Waals surface area contributed by atoms with Crippen LogP contribution in [-0.2, 0) is 0 Å². The van der Waals surface area contributed by atoms with E-state index in [-0.39, 0.29) is 5.54 Å². The second-order valence-corrected chi connectivity index (χ2v) is 4.29. The second-order valence-electron chi connectivity index (χ2n) is 4.29. The van der Waals surface area contributed by atoms with Gasteiger partial charge in [-0.15, -0.1) is 0 Å². The lowest BCUT2D eigenvalue weighted by Gasteiger charge is -2.14. The lowest BCUT2D eigenvalue weighted by atomic mass is 10.0. The van der Waals surface area contributed by atoms with E-state index < -0.39 is 6.17 Å². The van der Waals surface area contributed by atoms with Gasteiger partial charge in [0.1, 0.15) is 6.17 Å². The van der Waals surface area contributed by atoms with Gasteiger partial charge in [0.25, 0.3) is 0 Å². The number of alkyl halides is 1. The zero-order chi connectivity index (χ0) is 8.48. The van der Waals surface area contributed by atoms with Crippen LogP contribution in [0.4, 0.5) is 4.39 Å². The van der Waals surface area contributed by atoms with Crippen molar-refractivity contribution in [1.82, 2.24) is 0 Å². The van der Waals surface area contributed by atoms with Crippen molar-refractivity contribution < 1.29 is 4.39 Å². The first-order valence-corrected chi connectivity index (χ1v) is 4.45. The van der Waals surface area contributed by atoms with Gasteiger partial charge in [0, 0.05) is 5.54 Å². The molecule has 0 bridgehead atoms. The van der Waals surface area contributed by atoms with Gasteiger partial charge in [-0.2, -0.15) is 0 Å². The van der Waals surface area contributed by atoms with Gasteiger partial charge < -0.3 is 5.73 Å². The maximum atomic E-state index is 13.1. The van der Waals surface area contributed by atoms with Crippen molar-refractivity contribution in [3.05, 3.63) is 0 Å². The number of hydrogen-bond acceptors (Lipinski definition) is 1. The zero-order valence-corrected chi connectivity index (χ0v) is 7.44. The molecule has 0 spiro atoms. The molecule has 1 nitrogen and oxygen atoms in total. The molecule has 1 atom stereocenters. The van der Waals surface area contributed by atoms with Crippen LogP contribution < -0.4 is 5.73 Å². The fourth-order valence-corrected chi connectivity index (χ4v) is 1.40.